The van der Waals surface area contributed by atoms with Gasteiger partial charge in [0.25, 0.3) is 0 Å². The lowest BCUT2D eigenvalue weighted by molar-refractivity contribution is -0.187. The highest BCUT2D eigenvalue weighted by atomic mass is 32.2. The number of nitrogens with zero attached hydrogens (tertiary/aromatic N) is 2. The van der Waals surface area contributed by atoms with Crippen molar-refractivity contribution < 1.29 is 31.5 Å². The van der Waals surface area contributed by atoms with E-state index < -0.39 is 40.5 Å². The second kappa shape index (κ2) is 5.96. The first-order valence-corrected chi connectivity index (χ1v) is 7.98. The molecule has 0 saturated carbocycles. The van der Waals surface area contributed by atoms with E-state index in [1.54, 1.807) is 0 Å². The van der Waals surface area contributed by atoms with Gasteiger partial charge < -0.3 is 10.0 Å². The number of hydrogen-bond acceptors (Lipinski definition) is 5. The van der Waals surface area contributed by atoms with Crippen molar-refractivity contribution in [2.75, 3.05) is 25.0 Å². The predicted octanol–water partition coefficient (Wildman–Crippen LogP) is 0.689. The summed E-state index contributed by atoms with van der Waals surface area (Å²) in [5.41, 5.74) is 0. The van der Waals surface area contributed by atoms with Crippen LogP contribution in [0.2, 0.25) is 0 Å². The van der Waals surface area contributed by atoms with E-state index in [0.29, 0.717) is 0 Å². The summed E-state index contributed by atoms with van der Waals surface area (Å²) in [6, 6.07) is 2.45. The van der Waals surface area contributed by atoms with Crippen LogP contribution < -0.4 is 9.62 Å². The number of aliphatic carboxylic acids is 1. The number of halogens is 3. The van der Waals surface area contributed by atoms with Gasteiger partial charge in [-0.15, -0.1) is 0 Å². The maximum Gasteiger partial charge on any atom is 0.394 e. The van der Waals surface area contributed by atoms with Crippen LogP contribution in [-0.2, 0) is 14.8 Å². The molecule has 2 heterocycles. The first kappa shape index (κ1) is 17.5. The summed E-state index contributed by atoms with van der Waals surface area (Å²) in [6.07, 6.45) is -3.62. The molecule has 1 fully saturated rings. The molecule has 1 aromatic heterocycles. The molecule has 1 aromatic rings. The zero-order valence-corrected chi connectivity index (χ0v) is 12.7. The summed E-state index contributed by atoms with van der Waals surface area (Å²) in [5, 5.41) is 8.96. The van der Waals surface area contributed by atoms with Crippen LogP contribution in [0.1, 0.15) is 0 Å². The van der Waals surface area contributed by atoms with Crippen molar-refractivity contribution in [3.8, 4) is 0 Å². The van der Waals surface area contributed by atoms with Crippen molar-refractivity contribution in [1.82, 2.24) is 9.71 Å². The quantitative estimate of drug-likeness (QED) is 0.826. The van der Waals surface area contributed by atoms with Gasteiger partial charge in [0.2, 0.25) is 10.0 Å². The van der Waals surface area contributed by atoms with Crippen LogP contribution in [0, 0.1) is 11.8 Å². The monoisotopic (exact) mass is 353 g/mol. The number of pyridine rings is 1. The number of nitrogens with one attached hydrogen (secondary N) is 1. The van der Waals surface area contributed by atoms with E-state index in [2.05, 4.69) is 9.71 Å². The molecule has 0 aliphatic carbocycles. The predicted molar refractivity (Wildman–Crippen MR) is 73.4 cm³/mol. The first-order chi connectivity index (χ1) is 10.6. The third kappa shape index (κ3) is 3.55. The lowest BCUT2D eigenvalue weighted by Crippen LogP contribution is -2.33. The summed E-state index contributed by atoms with van der Waals surface area (Å²) in [7, 11) is -2.48. The fraction of sp³-hybridized carbons (Fsp3) is 0.500. The molecule has 0 bridgehead atoms. The Kier molecular flexibility index (Phi) is 4.53. The number of hydrogen-bond donors (Lipinski definition) is 2. The number of rotatable bonds is 4. The molecule has 2 N–H and O–H groups in total. The summed E-state index contributed by atoms with van der Waals surface area (Å²) in [6.45, 7) is -0.879. The lowest BCUT2D eigenvalue weighted by Gasteiger charge is -2.19. The average molecular weight is 353 g/mol. The van der Waals surface area contributed by atoms with Gasteiger partial charge >= 0.3 is 12.1 Å². The average Bonchev–Trinajstić information content (AvgIpc) is 2.93. The molecule has 2 atom stereocenters. The van der Waals surface area contributed by atoms with Crippen molar-refractivity contribution in [1.29, 1.82) is 0 Å². The number of anilines is 1. The maximum absolute atomic E-state index is 12.9. The van der Waals surface area contributed by atoms with Crippen molar-refractivity contribution >= 4 is 21.8 Å². The number of sulfonamides is 1. The molecule has 1 saturated heterocycles. The molecule has 11 heteroatoms. The van der Waals surface area contributed by atoms with Crippen LogP contribution in [0.25, 0.3) is 0 Å². The molecule has 0 radical (unpaired) electrons. The second-order valence-corrected chi connectivity index (χ2v) is 6.94. The number of carbonyl (C=O) groups is 1. The molecule has 0 unspecified atom stereocenters. The Morgan fingerprint density at radius 2 is 2.04 bits per heavy atom. The maximum atomic E-state index is 12.9. The molecule has 0 aromatic carbocycles. The smallest absolute Gasteiger partial charge is 0.394 e. The number of alkyl halides is 3. The van der Waals surface area contributed by atoms with Gasteiger partial charge in [0.15, 0.2) is 0 Å². The summed E-state index contributed by atoms with van der Waals surface area (Å²) in [5.74, 6) is -5.01. The van der Waals surface area contributed by atoms with Crippen molar-refractivity contribution in [3.63, 3.8) is 0 Å². The van der Waals surface area contributed by atoms with E-state index in [-0.39, 0.29) is 17.3 Å². The van der Waals surface area contributed by atoms with E-state index in [4.69, 9.17) is 5.11 Å². The van der Waals surface area contributed by atoms with Crippen molar-refractivity contribution in [2.45, 2.75) is 11.1 Å². The molecule has 128 valence electrons. The van der Waals surface area contributed by atoms with Gasteiger partial charge in [0.1, 0.15) is 10.7 Å². The fourth-order valence-corrected chi connectivity index (χ4v) is 3.08. The van der Waals surface area contributed by atoms with Gasteiger partial charge in [-0.2, -0.15) is 13.2 Å². The van der Waals surface area contributed by atoms with Crippen LogP contribution in [-0.4, -0.2) is 50.8 Å². The Labute approximate surface area is 130 Å². The largest absolute Gasteiger partial charge is 0.481 e. The van der Waals surface area contributed by atoms with E-state index >= 15 is 0 Å². The minimum atomic E-state index is -4.63. The molecular weight excluding hydrogens is 339 g/mol. The normalized spacial score (nSPS) is 22.3. The van der Waals surface area contributed by atoms with Gasteiger partial charge in [0.05, 0.1) is 11.8 Å². The molecule has 23 heavy (non-hydrogen) atoms. The van der Waals surface area contributed by atoms with Crippen LogP contribution in [0.4, 0.5) is 19.0 Å². The minimum absolute atomic E-state index is 0.0954. The van der Waals surface area contributed by atoms with Crippen LogP contribution in [0.5, 0.6) is 0 Å². The zero-order chi connectivity index (χ0) is 17.4. The Hall–Kier alpha value is -1.88. The summed E-state index contributed by atoms with van der Waals surface area (Å²) < 4.78 is 64.0. The Balaban J connectivity index is 2.25. The van der Waals surface area contributed by atoms with Crippen LogP contribution in [0.15, 0.2) is 23.2 Å². The fourth-order valence-electron chi connectivity index (χ4n) is 2.41. The van der Waals surface area contributed by atoms with Crippen LogP contribution >= 0.6 is 0 Å². The zero-order valence-electron chi connectivity index (χ0n) is 11.9. The van der Waals surface area contributed by atoms with Gasteiger partial charge in [0, 0.05) is 19.3 Å². The standard InChI is InChI=1S/C12H14F3N3O4S/c1-16-23(21,22)7-2-3-10(17-4-7)18-5-8(11(19)20)9(6-18)12(13,14)15/h2-4,8-9,16H,5-6H2,1H3,(H,19,20)/t8-,9-/m1/s1. The van der Waals surface area contributed by atoms with Crippen LogP contribution in [0.3, 0.4) is 0 Å². The highest BCUT2D eigenvalue weighted by molar-refractivity contribution is 7.89. The molecule has 1 aliphatic rings. The molecule has 2 rings (SSSR count). The Morgan fingerprint density at radius 3 is 2.43 bits per heavy atom. The lowest BCUT2D eigenvalue weighted by atomic mass is 9.96. The van der Waals surface area contributed by atoms with E-state index in [0.717, 1.165) is 6.20 Å². The third-order valence-electron chi connectivity index (χ3n) is 3.68. The second-order valence-electron chi connectivity index (χ2n) is 5.06. The highest BCUT2D eigenvalue weighted by Crippen LogP contribution is 2.39. The Bertz CT molecular complexity index is 690. The molecule has 0 spiro atoms. The molecule has 7 nitrogen and oxygen atoms in total. The SMILES string of the molecule is CNS(=O)(=O)c1ccc(N2C[C@@H](C(F)(F)F)[C@H](C(=O)O)C2)nc1. The number of carboxylic acid groups (broad SMARTS) is 1. The van der Waals surface area contributed by atoms with E-state index in [1.165, 1.54) is 24.1 Å². The van der Waals surface area contributed by atoms with Crippen molar-refractivity contribution in [3.05, 3.63) is 18.3 Å². The van der Waals surface area contributed by atoms with Gasteiger partial charge in [-0.05, 0) is 19.2 Å². The Morgan fingerprint density at radius 1 is 1.39 bits per heavy atom. The first-order valence-electron chi connectivity index (χ1n) is 6.50. The van der Waals surface area contributed by atoms with Gasteiger partial charge in [-0.1, -0.05) is 0 Å². The third-order valence-corrected chi connectivity index (χ3v) is 5.08. The topological polar surface area (TPSA) is 99.6 Å². The number of aromatic nitrogens is 1. The highest BCUT2D eigenvalue weighted by Gasteiger charge is 2.52. The summed E-state index contributed by atoms with van der Waals surface area (Å²) in [4.78, 5) is 15.9. The molecular formula is C12H14F3N3O4S. The van der Waals surface area contributed by atoms with E-state index in [1.807, 2.05) is 0 Å². The minimum Gasteiger partial charge on any atom is -0.481 e. The molecule has 0 amide bonds. The molecule has 1 aliphatic heterocycles. The van der Waals surface area contributed by atoms with Crippen molar-refractivity contribution in [2.24, 2.45) is 11.8 Å². The van der Waals surface area contributed by atoms with Gasteiger partial charge in [-0.25, -0.2) is 18.1 Å². The van der Waals surface area contributed by atoms with Gasteiger partial charge in [-0.3, -0.25) is 4.79 Å². The number of carboxylic acids is 1. The van der Waals surface area contributed by atoms with E-state index in [9.17, 15) is 26.4 Å². The summed E-state index contributed by atoms with van der Waals surface area (Å²) >= 11 is 0.